The minimum atomic E-state index is -0.698. The van der Waals surface area contributed by atoms with Crippen molar-refractivity contribution < 1.29 is 19.4 Å². The van der Waals surface area contributed by atoms with Crippen LogP contribution in [-0.2, 0) is 14.3 Å². The van der Waals surface area contributed by atoms with Crippen molar-refractivity contribution in [1.82, 2.24) is 0 Å². The average molecular weight is 579 g/mol. The molecule has 0 spiro atoms. The lowest BCUT2D eigenvalue weighted by molar-refractivity contribution is -0.147. The summed E-state index contributed by atoms with van der Waals surface area (Å²) in [5.74, 6) is -0.733. The highest BCUT2D eigenvalue weighted by Crippen LogP contribution is 2.16. The predicted octanol–water partition coefficient (Wildman–Crippen LogP) is 12.3. The molecule has 0 aromatic heterocycles. The van der Waals surface area contributed by atoms with Crippen LogP contribution in [0.5, 0.6) is 0 Å². The van der Waals surface area contributed by atoms with Gasteiger partial charge in [-0.05, 0) is 44.6 Å². The summed E-state index contributed by atoms with van der Waals surface area (Å²) in [4.78, 5) is 23.2. The van der Waals surface area contributed by atoms with E-state index in [0.29, 0.717) is 6.42 Å². The first-order valence-electron chi connectivity index (χ1n) is 18.2. The van der Waals surface area contributed by atoms with Gasteiger partial charge >= 0.3 is 11.9 Å². The predicted molar refractivity (Wildman–Crippen MR) is 177 cm³/mol. The second-order valence-corrected chi connectivity index (χ2v) is 12.4. The van der Waals surface area contributed by atoms with Crippen molar-refractivity contribution in [1.29, 1.82) is 0 Å². The normalized spacial score (nSPS) is 12.2. The van der Waals surface area contributed by atoms with Gasteiger partial charge in [0.05, 0.1) is 0 Å². The molecule has 1 atom stereocenters. The van der Waals surface area contributed by atoms with Gasteiger partial charge in [-0.1, -0.05) is 161 Å². The summed E-state index contributed by atoms with van der Waals surface area (Å²) in [7, 11) is 0. The lowest BCUT2D eigenvalue weighted by atomic mass is 10.0. The number of carboxylic acids is 1. The van der Waals surface area contributed by atoms with Crippen LogP contribution in [0.25, 0.3) is 0 Å². The minimum Gasteiger partial charge on any atom is -0.481 e. The molecule has 0 aliphatic rings. The van der Waals surface area contributed by atoms with E-state index in [1.807, 2.05) is 0 Å². The molecule has 0 saturated heterocycles. The summed E-state index contributed by atoms with van der Waals surface area (Å²) in [6.45, 7) is 4.53. The van der Waals surface area contributed by atoms with Crippen LogP contribution in [0.4, 0.5) is 0 Å². The number of esters is 1. The zero-order chi connectivity index (χ0) is 30.1. The van der Waals surface area contributed by atoms with Crippen molar-refractivity contribution in [2.45, 2.75) is 213 Å². The lowest BCUT2D eigenvalue weighted by Crippen LogP contribution is -2.16. The van der Waals surface area contributed by atoms with Crippen LogP contribution in [0.15, 0.2) is 12.2 Å². The maximum atomic E-state index is 12.6. The SMILES string of the molecule is CCCCCCCC/C=C\C(CCCCCCCCC(=O)O)OC(=O)CCCCCCCCCCCCCCCC. The number of allylic oxidation sites excluding steroid dienone is 1. The van der Waals surface area contributed by atoms with E-state index in [4.69, 9.17) is 9.84 Å². The molecule has 1 unspecified atom stereocenters. The van der Waals surface area contributed by atoms with Crippen molar-refractivity contribution in [3.05, 3.63) is 12.2 Å². The monoisotopic (exact) mass is 579 g/mol. The summed E-state index contributed by atoms with van der Waals surface area (Å²) < 4.78 is 5.90. The Morgan fingerprint density at radius 2 is 0.927 bits per heavy atom. The van der Waals surface area contributed by atoms with E-state index in [1.54, 1.807) is 0 Å². The lowest BCUT2D eigenvalue weighted by Gasteiger charge is -2.15. The molecule has 0 aliphatic heterocycles. The first kappa shape index (κ1) is 39.7. The zero-order valence-electron chi connectivity index (χ0n) is 27.6. The maximum Gasteiger partial charge on any atom is 0.306 e. The molecule has 41 heavy (non-hydrogen) atoms. The smallest absolute Gasteiger partial charge is 0.306 e. The Labute approximate surface area is 255 Å². The van der Waals surface area contributed by atoms with E-state index in [1.165, 1.54) is 116 Å². The van der Waals surface area contributed by atoms with Gasteiger partial charge < -0.3 is 9.84 Å². The molecule has 242 valence electrons. The molecule has 0 aromatic rings. The van der Waals surface area contributed by atoms with Crippen molar-refractivity contribution in [3.8, 4) is 0 Å². The standard InChI is InChI=1S/C37H70O4/c1-3-5-7-9-11-13-14-15-16-17-18-20-26-30-34-37(40)41-35(31-27-23-19-12-10-8-6-4-2)32-28-24-21-22-25-29-33-36(38)39/h27,31,35H,3-26,28-30,32-34H2,1-2H3,(H,38,39)/b31-27-. The fourth-order valence-corrected chi connectivity index (χ4v) is 5.51. The highest BCUT2D eigenvalue weighted by atomic mass is 16.5. The molecule has 0 bridgehead atoms. The second kappa shape index (κ2) is 33.2. The molecular formula is C37H70O4. The molecule has 4 heteroatoms. The van der Waals surface area contributed by atoms with Gasteiger partial charge in [0, 0.05) is 12.8 Å². The number of ether oxygens (including phenoxy) is 1. The van der Waals surface area contributed by atoms with E-state index in [0.717, 1.165) is 64.2 Å². The number of rotatable bonds is 33. The first-order chi connectivity index (χ1) is 20.1. The third-order valence-corrected chi connectivity index (χ3v) is 8.22. The molecule has 0 heterocycles. The van der Waals surface area contributed by atoms with Crippen LogP contribution in [0.1, 0.15) is 206 Å². The van der Waals surface area contributed by atoms with Crippen molar-refractivity contribution in [3.63, 3.8) is 0 Å². The van der Waals surface area contributed by atoms with Crippen LogP contribution in [-0.4, -0.2) is 23.1 Å². The number of carbonyl (C=O) groups is 2. The second-order valence-electron chi connectivity index (χ2n) is 12.4. The number of carbonyl (C=O) groups excluding carboxylic acids is 1. The largest absolute Gasteiger partial charge is 0.481 e. The molecule has 0 rings (SSSR count). The Kier molecular flexibility index (Phi) is 32.1. The maximum absolute atomic E-state index is 12.6. The Balaban J connectivity index is 4.03. The molecule has 0 fully saturated rings. The fourth-order valence-electron chi connectivity index (χ4n) is 5.51. The third kappa shape index (κ3) is 33.1. The van der Waals surface area contributed by atoms with Gasteiger partial charge in [0.2, 0.25) is 0 Å². The molecule has 0 radical (unpaired) electrons. The number of hydrogen-bond acceptors (Lipinski definition) is 3. The summed E-state index contributed by atoms with van der Waals surface area (Å²) >= 11 is 0. The van der Waals surface area contributed by atoms with Crippen molar-refractivity contribution in [2.75, 3.05) is 0 Å². The fraction of sp³-hybridized carbons (Fsp3) is 0.892. The van der Waals surface area contributed by atoms with Gasteiger partial charge in [0.15, 0.2) is 0 Å². The number of carboxylic acid groups (broad SMARTS) is 1. The Hall–Kier alpha value is -1.32. The van der Waals surface area contributed by atoms with Gasteiger partial charge in [0.1, 0.15) is 6.10 Å². The number of aliphatic carboxylic acids is 1. The minimum absolute atomic E-state index is 0.0353. The number of hydrogen-bond donors (Lipinski definition) is 1. The average Bonchev–Trinajstić information content (AvgIpc) is 2.95. The molecule has 0 amide bonds. The zero-order valence-corrected chi connectivity index (χ0v) is 27.6. The molecule has 1 N–H and O–H groups in total. The van der Waals surface area contributed by atoms with E-state index in [9.17, 15) is 9.59 Å². The molecule has 0 aliphatic carbocycles. The molecule has 4 nitrogen and oxygen atoms in total. The topological polar surface area (TPSA) is 63.6 Å². The van der Waals surface area contributed by atoms with Crippen LogP contribution in [0.2, 0.25) is 0 Å². The summed E-state index contributed by atoms with van der Waals surface area (Å²) in [5, 5.41) is 8.75. The summed E-state index contributed by atoms with van der Waals surface area (Å²) in [6.07, 6.45) is 39.5. The third-order valence-electron chi connectivity index (χ3n) is 8.22. The first-order valence-corrected chi connectivity index (χ1v) is 18.2. The van der Waals surface area contributed by atoms with E-state index in [-0.39, 0.29) is 18.5 Å². The highest BCUT2D eigenvalue weighted by Gasteiger charge is 2.11. The molecular weight excluding hydrogens is 508 g/mol. The van der Waals surface area contributed by atoms with Crippen LogP contribution >= 0.6 is 0 Å². The van der Waals surface area contributed by atoms with Gasteiger partial charge in [-0.3, -0.25) is 9.59 Å². The van der Waals surface area contributed by atoms with Crippen molar-refractivity contribution in [2.24, 2.45) is 0 Å². The van der Waals surface area contributed by atoms with E-state index in [2.05, 4.69) is 26.0 Å². The van der Waals surface area contributed by atoms with Gasteiger partial charge in [-0.2, -0.15) is 0 Å². The number of unbranched alkanes of at least 4 members (excludes halogenated alkanes) is 24. The Morgan fingerprint density at radius 3 is 1.39 bits per heavy atom. The summed E-state index contributed by atoms with van der Waals surface area (Å²) in [5.41, 5.74) is 0. The quantitative estimate of drug-likeness (QED) is 0.0478. The Bertz CT molecular complexity index is 585. The van der Waals surface area contributed by atoms with Gasteiger partial charge in [-0.25, -0.2) is 0 Å². The van der Waals surface area contributed by atoms with Crippen LogP contribution in [0, 0.1) is 0 Å². The highest BCUT2D eigenvalue weighted by molar-refractivity contribution is 5.69. The molecule has 0 aromatic carbocycles. The van der Waals surface area contributed by atoms with Gasteiger partial charge in [0.25, 0.3) is 0 Å². The van der Waals surface area contributed by atoms with E-state index >= 15 is 0 Å². The van der Waals surface area contributed by atoms with Crippen LogP contribution in [0.3, 0.4) is 0 Å². The van der Waals surface area contributed by atoms with Gasteiger partial charge in [-0.15, -0.1) is 0 Å². The Morgan fingerprint density at radius 1 is 0.537 bits per heavy atom. The summed E-state index contributed by atoms with van der Waals surface area (Å²) in [6, 6.07) is 0. The van der Waals surface area contributed by atoms with E-state index < -0.39 is 5.97 Å². The van der Waals surface area contributed by atoms with Crippen LogP contribution < -0.4 is 0 Å². The van der Waals surface area contributed by atoms with Crippen molar-refractivity contribution >= 4 is 11.9 Å². The molecule has 0 saturated carbocycles.